The van der Waals surface area contributed by atoms with Crippen LogP contribution in [0.25, 0.3) is 0 Å². The molecule has 0 aliphatic carbocycles. The normalized spacial score (nSPS) is 24.2. The molecule has 2 rings (SSSR count). The number of nitrogens with zero attached hydrogens (tertiary/aromatic N) is 1. The Bertz CT molecular complexity index is 604. The van der Waals surface area contributed by atoms with Gasteiger partial charge >= 0.3 is 0 Å². The summed E-state index contributed by atoms with van der Waals surface area (Å²) in [7, 11) is -3.10. The van der Waals surface area contributed by atoms with E-state index in [9.17, 15) is 12.8 Å². The van der Waals surface area contributed by atoms with Gasteiger partial charge in [0.05, 0.1) is 6.26 Å². The predicted molar refractivity (Wildman–Crippen MR) is 82.0 cm³/mol. The highest BCUT2D eigenvalue weighted by Gasteiger charge is 2.30. The summed E-state index contributed by atoms with van der Waals surface area (Å²) in [5.74, 6) is 0.0420. The van der Waals surface area contributed by atoms with Crippen molar-refractivity contribution >= 4 is 10.0 Å². The number of hydrogen-bond acceptors (Lipinski definition) is 3. The van der Waals surface area contributed by atoms with Crippen LogP contribution in [-0.2, 0) is 16.6 Å². The number of piperidine rings is 1. The summed E-state index contributed by atoms with van der Waals surface area (Å²) in [4.78, 5) is 0. The fourth-order valence-electron chi connectivity index (χ4n) is 2.81. The Kier molecular flexibility index (Phi) is 5.01. The van der Waals surface area contributed by atoms with Crippen molar-refractivity contribution in [3.8, 4) is 0 Å². The van der Waals surface area contributed by atoms with E-state index < -0.39 is 10.0 Å². The Balaban J connectivity index is 1.93. The Hall–Kier alpha value is -0.980. The topological polar surface area (TPSA) is 49.4 Å². The van der Waals surface area contributed by atoms with Crippen LogP contribution in [0.2, 0.25) is 0 Å². The lowest BCUT2D eigenvalue weighted by Gasteiger charge is -2.36. The number of aryl methyl sites for hydroxylation is 1. The number of halogens is 1. The minimum absolute atomic E-state index is 0.217. The number of sulfonamides is 1. The molecule has 118 valence electrons. The average Bonchev–Trinajstić information content (AvgIpc) is 2.38. The second kappa shape index (κ2) is 6.42. The molecule has 4 nitrogen and oxygen atoms in total. The Morgan fingerprint density at radius 2 is 2.14 bits per heavy atom. The molecule has 0 unspecified atom stereocenters. The maximum Gasteiger partial charge on any atom is 0.211 e. The quantitative estimate of drug-likeness (QED) is 0.923. The van der Waals surface area contributed by atoms with Gasteiger partial charge in [0.15, 0.2) is 0 Å². The summed E-state index contributed by atoms with van der Waals surface area (Å²) in [5, 5.41) is 3.48. The molecule has 1 heterocycles. The molecule has 1 aromatic rings. The Labute approximate surface area is 126 Å². The summed E-state index contributed by atoms with van der Waals surface area (Å²) in [6, 6.07) is 5.09. The van der Waals surface area contributed by atoms with Crippen LogP contribution in [0, 0.1) is 18.7 Å². The van der Waals surface area contributed by atoms with Crippen molar-refractivity contribution in [2.45, 2.75) is 32.9 Å². The first-order valence-corrected chi connectivity index (χ1v) is 9.05. The molecule has 0 amide bonds. The van der Waals surface area contributed by atoms with Gasteiger partial charge in [-0.15, -0.1) is 0 Å². The first-order valence-electron chi connectivity index (χ1n) is 7.21. The number of rotatable bonds is 4. The van der Waals surface area contributed by atoms with Crippen LogP contribution < -0.4 is 5.32 Å². The summed E-state index contributed by atoms with van der Waals surface area (Å²) >= 11 is 0. The predicted octanol–water partition coefficient (Wildman–Crippen LogP) is 1.89. The molecule has 1 saturated heterocycles. The molecule has 1 aromatic carbocycles. The highest BCUT2D eigenvalue weighted by Crippen LogP contribution is 2.20. The molecular weight excluding hydrogens is 291 g/mol. The minimum Gasteiger partial charge on any atom is -0.310 e. The van der Waals surface area contributed by atoms with Crippen LogP contribution in [0.15, 0.2) is 18.2 Å². The highest BCUT2D eigenvalue weighted by atomic mass is 32.2. The zero-order valence-corrected chi connectivity index (χ0v) is 13.6. The maximum absolute atomic E-state index is 13.1. The van der Waals surface area contributed by atoms with E-state index in [2.05, 4.69) is 12.2 Å². The molecule has 0 saturated carbocycles. The molecule has 0 radical (unpaired) electrons. The van der Waals surface area contributed by atoms with Crippen LogP contribution in [0.3, 0.4) is 0 Å². The van der Waals surface area contributed by atoms with Gasteiger partial charge in [-0.25, -0.2) is 17.1 Å². The van der Waals surface area contributed by atoms with Gasteiger partial charge in [-0.1, -0.05) is 13.0 Å². The van der Waals surface area contributed by atoms with Gasteiger partial charge in [0, 0.05) is 25.7 Å². The van der Waals surface area contributed by atoms with Crippen LogP contribution in [0.4, 0.5) is 4.39 Å². The van der Waals surface area contributed by atoms with Gasteiger partial charge < -0.3 is 5.32 Å². The highest BCUT2D eigenvalue weighted by molar-refractivity contribution is 7.88. The second-order valence-electron chi connectivity index (χ2n) is 5.95. The third-order valence-electron chi connectivity index (χ3n) is 4.20. The first kappa shape index (κ1) is 16.4. The first-order chi connectivity index (χ1) is 9.77. The molecule has 0 bridgehead atoms. The maximum atomic E-state index is 13.1. The van der Waals surface area contributed by atoms with E-state index in [-0.39, 0.29) is 17.8 Å². The number of benzene rings is 1. The van der Waals surface area contributed by atoms with E-state index in [0.717, 1.165) is 17.5 Å². The van der Waals surface area contributed by atoms with E-state index in [4.69, 9.17) is 0 Å². The van der Waals surface area contributed by atoms with Crippen molar-refractivity contribution in [2.24, 2.45) is 5.92 Å². The van der Waals surface area contributed by atoms with E-state index >= 15 is 0 Å². The van der Waals surface area contributed by atoms with Crippen LogP contribution in [0.1, 0.15) is 24.5 Å². The monoisotopic (exact) mass is 314 g/mol. The van der Waals surface area contributed by atoms with Gasteiger partial charge in [-0.3, -0.25) is 0 Å². The molecule has 1 fully saturated rings. The molecule has 21 heavy (non-hydrogen) atoms. The molecule has 0 aromatic heterocycles. The van der Waals surface area contributed by atoms with E-state index in [1.54, 1.807) is 10.4 Å². The third kappa shape index (κ3) is 4.25. The van der Waals surface area contributed by atoms with Crippen molar-refractivity contribution in [3.05, 3.63) is 35.1 Å². The summed E-state index contributed by atoms with van der Waals surface area (Å²) in [6.07, 6.45) is 2.06. The van der Waals surface area contributed by atoms with Gasteiger partial charge in [-0.2, -0.15) is 0 Å². The Morgan fingerprint density at radius 3 is 2.71 bits per heavy atom. The molecule has 6 heteroatoms. The molecule has 1 aliphatic heterocycles. The minimum atomic E-state index is -3.10. The second-order valence-corrected chi connectivity index (χ2v) is 7.93. The summed E-state index contributed by atoms with van der Waals surface area (Å²) < 4.78 is 37.7. The zero-order valence-electron chi connectivity index (χ0n) is 12.8. The summed E-state index contributed by atoms with van der Waals surface area (Å²) in [6.45, 7) is 5.75. The molecule has 1 N–H and O–H groups in total. The fraction of sp³-hybridized carbons (Fsp3) is 0.600. The van der Waals surface area contributed by atoms with Crippen LogP contribution >= 0.6 is 0 Å². The van der Waals surface area contributed by atoms with Crippen molar-refractivity contribution in [1.29, 1.82) is 0 Å². The smallest absolute Gasteiger partial charge is 0.211 e. The Morgan fingerprint density at radius 1 is 1.43 bits per heavy atom. The van der Waals surface area contributed by atoms with E-state index in [1.165, 1.54) is 18.4 Å². The van der Waals surface area contributed by atoms with Crippen molar-refractivity contribution in [2.75, 3.05) is 19.3 Å². The molecule has 2 atom stereocenters. The largest absolute Gasteiger partial charge is 0.310 e. The average molecular weight is 314 g/mol. The van der Waals surface area contributed by atoms with Gasteiger partial charge in [0.2, 0.25) is 10.0 Å². The van der Waals surface area contributed by atoms with Gasteiger partial charge in [0.1, 0.15) is 5.82 Å². The lowest BCUT2D eigenvalue weighted by Crippen LogP contribution is -2.49. The standard InChI is InChI=1S/C15H23FN2O2S/c1-11-8-14(16)5-4-13(11)9-17-15-6-7-18(10-12(15)2)21(3,19)20/h4-5,8,12,15,17H,6-7,9-10H2,1-3H3/t12-,15+/m1/s1. The van der Waals surface area contributed by atoms with Gasteiger partial charge in [-0.05, 0) is 42.5 Å². The lowest BCUT2D eigenvalue weighted by atomic mass is 9.95. The van der Waals surface area contributed by atoms with Crippen LogP contribution in [0.5, 0.6) is 0 Å². The third-order valence-corrected chi connectivity index (χ3v) is 5.47. The molecule has 0 spiro atoms. The SMILES string of the molecule is Cc1cc(F)ccc1CN[C@H]1CCN(S(C)(=O)=O)C[C@H]1C. The molecular formula is C15H23FN2O2S. The fourth-order valence-corrected chi connectivity index (χ4v) is 3.75. The number of hydrogen-bond donors (Lipinski definition) is 1. The van der Waals surface area contributed by atoms with Gasteiger partial charge in [0.25, 0.3) is 0 Å². The van der Waals surface area contributed by atoms with E-state index in [1.807, 2.05) is 6.92 Å². The lowest BCUT2D eigenvalue weighted by molar-refractivity contribution is 0.220. The van der Waals surface area contributed by atoms with Crippen molar-refractivity contribution in [1.82, 2.24) is 9.62 Å². The summed E-state index contributed by atoms with van der Waals surface area (Å²) in [5.41, 5.74) is 2.01. The van der Waals surface area contributed by atoms with Crippen molar-refractivity contribution < 1.29 is 12.8 Å². The zero-order chi connectivity index (χ0) is 15.6. The van der Waals surface area contributed by atoms with Crippen molar-refractivity contribution in [3.63, 3.8) is 0 Å². The molecule has 1 aliphatic rings. The number of nitrogens with one attached hydrogen (secondary N) is 1. The van der Waals surface area contributed by atoms with E-state index in [0.29, 0.717) is 19.6 Å². The van der Waals surface area contributed by atoms with Crippen LogP contribution in [-0.4, -0.2) is 38.1 Å².